The molecule has 5 rings (SSSR count). The van der Waals surface area contributed by atoms with Crippen LogP contribution >= 0.6 is 0 Å². The first kappa shape index (κ1) is 30.6. The number of likely N-dealkylation sites (tertiary alicyclic amines) is 1. The van der Waals surface area contributed by atoms with E-state index < -0.39 is 11.5 Å². The molecule has 7 nitrogen and oxygen atoms in total. The molecule has 7 heteroatoms. The maximum atomic E-state index is 14.7. The minimum Gasteiger partial charge on any atom is -0.491 e. The van der Waals surface area contributed by atoms with Gasteiger partial charge in [0.2, 0.25) is 5.91 Å². The molecule has 43 heavy (non-hydrogen) atoms. The molecule has 0 unspecified atom stereocenters. The molecule has 1 aliphatic heterocycles. The predicted octanol–water partition coefficient (Wildman–Crippen LogP) is 7.22. The third kappa shape index (κ3) is 7.57. The summed E-state index contributed by atoms with van der Waals surface area (Å²) in [6.45, 7) is 9.37. The van der Waals surface area contributed by atoms with Gasteiger partial charge in [-0.3, -0.25) is 4.79 Å². The molecule has 3 aromatic rings. The zero-order valence-corrected chi connectivity index (χ0v) is 26.0. The fourth-order valence-corrected chi connectivity index (χ4v) is 5.83. The van der Waals surface area contributed by atoms with Gasteiger partial charge in [-0.1, -0.05) is 60.7 Å². The zero-order valence-electron chi connectivity index (χ0n) is 26.0. The van der Waals surface area contributed by atoms with Gasteiger partial charge in [-0.15, -0.1) is 0 Å². The van der Waals surface area contributed by atoms with Gasteiger partial charge in [-0.25, -0.2) is 4.79 Å². The topological polar surface area (TPSA) is 68.3 Å². The van der Waals surface area contributed by atoms with Crippen LogP contribution in [-0.2, 0) is 14.3 Å². The van der Waals surface area contributed by atoms with E-state index in [0.29, 0.717) is 32.7 Å². The van der Waals surface area contributed by atoms with Crippen LogP contribution in [0.2, 0.25) is 0 Å². The number of anilines is 1. The Labute approximate surface area is 255 Å². The van der Waals surface area contributed by atoms with Crippen molar-refractivity contribution >= 4 is 17.7 Å². The molecular formula is C36H44N2O5. The third-order valence-electron chi connectivity index (χ3n) is 8.15. The Bertz CT molecular complexity index is 1410. The zero-order chi connectivity index (χ0) is 30.6. The predicted molar refractivity (Wildman–Crippen MR) is 170 cm³/mol. The molecule has 0 N–H and O–H groups in total. The van der Waals surface area contributed by atoms with Crippen LogP contribution in [0.1, 0.15) is 57.1 Å². The van der Waals surface area contributed by atoms with Gasteiger partial charge in [-0.05, 0) is 81.2 Å². The first-order valence-electron chi connectivity index (χ1n) is 15.3. The quantitative estimate of drug-likeness (QED) is 0.248. The summed E-state index contributed by atoms with van der Waals surface area (Å²) >= 11 is 0. The molecule has 2 fully saturated rings. The van der Waals surface area contributed by atoms with Crippen molar-refractivity contribution in [2.45, 2.75) is 64.5 Å². The Hall–Kier alpha value is -3.84. The van der Waals surface area contributed by atoms with E-state index in [2.05, 4.69) is 36.4 Å². The van der Waals surface area contributed by atoms with E-state index in [4.69, 9.17) is 14.2 Å². The van der Waals surface area contributed by atoms with Gasteiger partial charge in [-0.2, -0.15) is 0 Å². The minimum atomic E-state index is -0.612. The van der Waals surface area contributed by atoms with Gasteiger partial charge in [0.1, 0.15) is 18.0 Å². The summed E-state index contributed by atoms with van der Waals surface area (Å²) in [7, 11) is 1.65. The summed E-state index contributed by atoms with van der Waals surface area (Å²) in [6, 6.07) is 24.9. The van der Waals surface area contributed by atoms with Crippen LogP contribution in [-0.4, -0.2) is 62.0 Å². The first-order chi connectivity index (χ1) is 20.6. The van der Waals surface area contributed by atoms with Crippen molar-refractivity contribution in [1.29, 1.82) is 0 Å². The van der Waals surface area contributed by atoms with Crippen molar-refractivity contribution in [3.05, 3.63) is 83.9 Å². The number of methoxy groups -OCH3 is 1. The summed E-state index contributed by atoms with van der Waals surface area (Å²) in [5.74, 6) is 0.322. The number of hydrogen-bond donors (Lipinski definition) is 0. The number of rotatable bonds is 9. The number of piperidine rings is 1. The number of hydrogen-bond acceptors (Lipinski definition) is 5. The van der Waals surface area contributed by atoms with E-state index in [1.165, 1.54) is 0 Å². The summed E-state index contributed by atoms with van der Waals surface area (Å²) in [4.78, 5) is 31.6. The smallest absolute Gasteiger partial charge is 0.410 e. The molecule has 1 heterocycles. The van der Waals surface area contributed by atoms with E-state index >= 15 is 0 Å². The number of carbonyl (C=O) groups is 2. The maximum Gasteiger partial charge on any atom is 0.410 e. The molecule has 0 radical (unpaired) electrons. The SMILES string of the molecule is COCCOc1cc(N(C(=O)[C@H]2CN(C(=O)OC(C)(C)C)CC[C@@H]2c2cccc(-c3ccccc3)c2)C2CC2)ccc1C. The van der Waals surface area contributed by atoms with Crippen molar-refractivity contribution in [2.75, 3.05) is 38.3 Å². The number of nitrogens with zero attached hydrogens (tertiary/aromatic N) is 2. The lowest BCUT2D eigenvalue weighted by molar-refractivity contribution is -0.124. The van der Waals surface area contributed by atoms with Gasteiger partial charge < -0.3 is 24.0 Å². The van der Waals surface area contributed by atoms with E-state index in [9.17, 15) is 9.59 Å². The highest BCUT2D eigenvalue weighted by Gasteiger charge is 2.44. The summed E-state index contributed by atoms with van der Waals surface area (Å²) in [5, 5.41) is 0. The number of ether oxygens (including phenoxy) is 3. The van der Waals surface area contributed by atoms with E-state index in [1.54, 1.807) is 12.0 Å². The van der Waals surface area contributed by atoms with Crippen LogP contribution in [0.5, 0.6) is 5.75 Å². The fraction of sp³-hybridized carbons (Fsp3) is 0.444. The van der Waals surface area contributed by atoms with Gasteiger partial charge in [0.15, 0.2) is 0 Å². The number of amides is 2. The second-order valence-corrected chi connectivity index (χ2v) is 12.6. The summed E-state index contributed by atoms with van der Waals surface area (Å²) < 4.78 is 16.9. The normalized spacial score (nSPS) is 18.7. The second-order valence-electron chi connectivity index (χ2n) is 12.6. The van der Waals surface area contributed by atoms with E-state index in [0.717, 1.165) is 46.5 Å². The number of aryl methyl sites for hydroxylation is 1. The van der Waals surface area contributed by atoms with Crippen molar-refractivity contribution in [3.63, 3.8) is 0 Å². The summed E-state index contributed by atoms with van der Waals surface area (Å²) in [5.41, 5.74) is 4.60. The van der Waals surface area contributed by atoms with Crippen LogP contribution in [0, 0.1) is 12.8 Å². The van der Waals surface area contributed by atoms with Gasteiger partial charge in [0.05, 0.1) is 12.5 Å². The monoisotopic (exact) mass is 584 g/mol. The van der Waals surface area contributed by atoms with Crippen molar-refractivity contribution in [1.82, 2.24) is 4.90 Å². The van der Waals surface area contributed by atoms with Gasteiger partial charge in [0, 0.05) is 38.0 Å². The highest BCUT2D eigenvalue weighted by atomic mass is 16.6. The van der Waals surface area contributed by atoms with Crippen LogP contribution < -0.4 is 9.64 Å². The molecule has 2 atom stereocenters. The van der Waals surface area contributed by atoms with E-state index in [-0.39, 0.29) is 24.0 Å². The summed E-state index contributed by atoms with van der Waals surface area (Å²) in [6.07, 6.45) is 2.21. The highest BCUT2D eigenvalue weighted by Crippen LogP contribution is 2.41. The lowest BCUT2D eigenvalue weighted by Gasteiger charge is -2.40. The Morgan fingerprint density at radius 2 is 1.65 bits per heavy atom. The number of benzene rings is 3. The molecule has 1 aliphatic carbocycles. The number of carbonyl (C=O) groups excluding carboxylic acids is 2. The Morgan fingerprint density at radius 1 is 0.907 bits per heavy atom. The molecule has 1 saturated carbocycles. The largest absolute Gasteiger partial charge is 0.491 e. The molecule has 2 amide bonds. The van der Waals surface area contributed by atoms with Crippen molar-refractivity contribution in [3.8, 4) is 16.9 Å². The Kier molecular flexibility index (Phi) is 9.40. The highest BCUT2D eigenvalue weighted by molar-refractivity contribution is 5.97. The average molecular weight is 585 g/mol. The average Bonchev–Trinajstić information content (AvgIpc) is 3.83. The lowest BCUT2D eigenvalue weighted by atomic mass is 9.79. The molecule has 1 saturated heterocycles. The molecular weight excluding hydrogens is 540 g/mol. The van der Waals surface area contributed by atoms with Crippen LogP contribution in [0.3, 0.4) is 0 Å². The minimum absolute atomic E-state index is 0.0394. The fourth-order valence-electron chi connectivity index (χ4n) is 5.83. The second kappa shape index (κ2) is 13.2. The van der Waals surface area contributed by atoms with Gasteiger partial charge >= 0.3 is 6.09 Å². The Balaban J connectivity index is 1.48. The maximum absolute atomic E-state index is 14.7. The van der Waals surface area contributed by atoms with Crippen molar-refractivity contribution in [2.24, 2.45) is 5.92 Å². The van der Waals surface area contributed by atoms with Gasteiger partial charge in [0.25, 0.3) is 0 Å². The first-order valence-corrected chi connectivity index (χ1v) is 15.3. The van der Waals surface area contributed by atoms with E-state index in [1.807, 2.05) is 69.0 Å². The molecule has 0 aromatic heterocycles. The van der Waals surface area contributed by atoms with Crippen LogP contribution in [0.4, 0.5) is 10.5 Å². The molecule has 0 bridgehead atoms. The van der Waals surface area contributed by atoms with Crippen LogP contribution in [0.15, 0.2) is 72.8 Å². The third-order valence-corrected chi connectivity index (χ3v) is 8.15. The van der Waals surface area contributed by atoms with Crippen molar-refractivity contribution < 1.29 is 23.8 Å². The standard InChI is InChI=1S/C36H44N2O5/c1-25-14-15-30(23-33(25)42-21-20-41-5)38(29-16-17-29)34(39)32-24-37(35(40)43-36(2,3)4)19-18-31(32)28-13-9-12-27(22-28)26-10-7-6-8-11-26/h6-15,22-23,29,31-32H,16-21,24H2,1-5H3/t31-,32+/m1/s1. The molecule has 228 valence electrons. The molecule has 3 aromatic carbocycles. The Morgan fingerprint density at radius 3 is 2.35 bits per heavy atom. The van der Waals surface area contributed by atoms with Crippen LogP contribution in [0.25, 0.3) is 11.1 Å². The lowest BCUT2D eigenvalue weighted by Crippen LogP contribution is -2.51. The molecule has 0 spiro atoms. The molecule has 2 aliphatic rings.